The quantitative estimate of drug-likeness (QED) is 0.868. The molecule has 2 aromatic carbocycles. The standard InChI is InChI=1S/C17H17Cl2NO2/c1-11-4-3-5-14(8-11)22-10-17(21)20-12(2)15-7-6-13(18)9-16(15)19/h3-9,12H,10H2,1-2H3,(H,20,21)/t12-/m0/s1. The monoisotopic (exact) mass is 337 g/mol. The molecule has 0 aromatic heterocycles. The van der Waals surface area contributed by atoms with Crippen molar-refractivity contribution in [1.82, 2.24) is 5.32 Å². The van der Waals surface area contributed by atoms with Crippen molar-refractivity contribution in [3.8, 4) is 5.75 Å². The van der Waals surface area contributed by atoms with Gasteiger partial charge in [-0.1, -0.05) is 41.4 Å². The minimum absolute atomic E-state index is 0.0427. The Hall–Kier alpha value is -1.71. The van der Waals surface area contributed by atoms with Crippen molar-refractivity contribution < 1.29 is 9.53 Å². The molecule has 22 heavy (non-hydrogen) atoms. The minimum atomic E-state index is -0.224. The first-order valence-corrected chi connectivity index (χ1v) is 7.65. The Kier molecular flexibility index (Phi) is 5.69. The van der Waals surface area contributed by atoms with Gasteiger partial charge in [-0.15, -0.1) is 0 Å². The van der Waals surface area contributed by atoms with Crippen molar-refractivity contribution in [1.29, 1.82) is 0 Å². The third-order valence-electron chi connectivity index (χ3n) is 3.17. The molecule has 0 spiro atoms. The molecule has 0 saturated carbocycles. The number of ether oxygens (including phenoxy) is 1. The van der Waals surface area contributed by atoms with Crippen molar-refractivity contribution in [2.45, 2.75) is 19.9 Å². The first-order valence-electron chi connectivity index (χ1n) is 6.89. The molecular weight excluding hydrogens is 321 g/mol. The van der Waals surface area contributed by atoms with Gasteiger partial charge in [0, 0.05) is 10.0 Å². The van der Waals surface area contributed by atoms with Gasteiger partial charge in [0.25, 0.3) is 5.91 Å². The van der Waals surface area contributed by atoms with E-state index in [1.54, 1.807) is 18.2 Å². The molecular formula is C17H17Cl2NO2. The molecule has 1 amide bonds. The Morgan fingerprint density at radius 2 is 2.00 bits per heavy atom. The van der Waals surface area contributed by atoms with Gasteiger partial charge in [-0.25, -0.2) is 0 Å². The van der Waals surface area contributed by atoms with E-state index in [4.69, 9.17) is 27.9 Å². The molecule has 2 aromatic rings. The Morgan fingerprint density at radius 1 is 1.23 bits per heavy atom. The maximum absolute atomic E-state index is 12.0. The first kappa shape index (κ1) is 16.7. The van der Waals surface area contributed by atoms with E-state index < -0.39 is 0 Å². The van der Waals surface area contributed by atoms with Crippen molar-refractivity contribution in [2.75, 3.05) is 6.61 Å². The van der Waals surface area contributed by atoms with E-state index in [-0.39, 0.29) is 18.6 Å². The van der Waals surface area contributed by atoms with Gasteiger partial charge in [0.15, 0.2) is 6.61 Å². The molecule has 2 rings (SSSR count). The van der Waals surface area contributed by atoms with Crippen LogP contribution in [0.1, 0.15) is 24.1 Å². The van der Waals surface area contributed by atoms with Crippen LogP contribution in [0, 0.1) is 6.92 Å². The summed E-state index contributed by atoms with van der Waals surface area (Å²) in [5.41, 5.74) is 1.90. The van der Waals surface area contributed by atoms with Crippen LogP contribution in [0.3, 0.4) is 0 Å². The van der Waals surface area contributed by atoms with E-state index in [9.17, 15) is 4.79 Å². The van der Waals surface area contributed by atoms with Gasteiger partial charge in [-0.05, 0) is 49.2 Å². The predicted octanol–water partition coefficient (Wildman–Crippen LogP) is 4.56. The second-order valence-corrected chi connectivity index (χ2v) is 5.90. The summed E-state index contributed by atoms with van der Waals surface area (Å²) < 4.78 is 5.47. The molecule has 1 atom stereocenters. The summed E-state index contributed by atoms with van der Waals surface area (Å²) in [5, 5.41) is 3.94. The van der Waals surface area contributed by atoms with E-state index in [1.165, 1.54) is 0 Å². The number of amides is 1. The molecule has 0 radical (unpaired) electrons. The Morgan fingerprint density at radius 3 is 2.68 bits per heavy atom. The van der Waals surface area contributed by atoms with Crippen LogP contribution in [0.25, 0.3) is 0 Å². The highest BCUT2D eigenvalue weighted by atomic mass is 35.5. The van der Waals surface area contributed by atoms with Crippen LogP contribution in [-0.2, 0) is 4.79 Å². The van der Waals surface area contributed by atoms with Gasteiger partial charge in [0.05, 0.1) is 6.04 Å². The largest absolute Gasteiger partial charge is 0.484 e. The fraction of sp³-hybridized carbons (Fsp3) is 0.235. The summed E-state index contributed by atoms with van der Waals surface area (Å²) >= 11 is 12.0. The van der Waals surface area contributed by atoms with Crippen LogP contribution in [0.15, 0.2) is 42.5 Å². The molecule has 0 aliphatic heterocycles. The third-order valence-corrected chi connectivity index (χ3v) is 3.73. The zero-order chi connectivity index (χ0) is 16.1. The second kappa shape index (κ2) is 7.52. The topological polar surface area (TPSA) is 38.3 Å². The van der Waals surface area contributed by atoms with Gasteiger partial charge < -0.3 is 10.1 Å². The summed E-state index contributed by atoms with van der Waals surface area (Å²) in [6, 6.07) is 12.5. The smallest absolute Gasteiger partial charge is 0.258 e. The molecule has 0 fully saturated rings. The normalized spacial score (nSPS) is 11.8. The lowest BCUT2D eigenvalue weighted by atomic mass is 10.1. The lowest BCUT2D eigenvalue weighted by molar-refractivity contribution is -0.123. The van der Waals surface area contributed by atoms with Gasteiger partial charge in [0.1, 0.15) is 5.75 Å². The van der Waals surface area contributed by atoms with Crippen LogP contribution >= 0.6 is 23.2 Å². The molecule has 3 nitrogen and oxygen atoms in total. The predicted molar refractivity (Wildman–Crippen MR) is 89.7 cm³/mol. The average Bonchev–Trinajstić information content (AvgIpc) is 2.45. The molecule has 1 N–H and O–H groups in total. The first-order chi connectivity index (χ1) is 10.5. The molecule has 0 aliphatic rings. The maximum Gasteiger partial charge on any atom is 0.258 e. The van der Waals surface area contributed by atoms with E-state index in [1.807, 2.05) is 38.1 Å². The number of halogens is 2. The van der Waals surface area contributed by atoms with E-state index in [0.717, 1.165) is 11.1 Å². The molecule has 0 bridgehead atoms. The van der Waals surface area contributed by atoms with Crippen LogP contribution in [-0.4, -0.2) is 12.5 Å². The summed E-state index contributed by atoms with van der Waals surface area (Å²) in [5.74, 6) is 0.465. The van der Waals surface area contributed by atoms with Gasteiger partial charge in [0.2, 0.25) is 0 Å². The lowest BCUT2D eigenvalue weighted by Crippen LogP contribution is -2.31. The molecule has 5 heteroatoms. The van der Waals surface area contributed by atoms with E-state index in [2.05, 4.69) is 5.32 Å². The summed E-state index contributed by atoms with van der Waals surface area (Å²) in [4.78, 5) is 12.0. The van der Waals surface area contributed by atoms with E-state index in [0.29, 0.717) is 15.8 Å². The SMILES string of the molecule is Cc1cccc(OCC(=O)N[C@@H](C)c2ccc(Cl)cc2Cl)c1. The van der Waals surface area contributed by atoms with E-state index >= 15 is 0 Å². The number of carbonyl (C=O) groups excluding carboxylic acids is 1. The van der Waals surface area contributed by atoms with Crippen molar-refractivity contribution in [3.05, 3.63) is 63.6 Å². The highest BCUT2D eigenvalue weighted by Gasteiger charge is 2.13. The van der Waals surface area contributed by atoms with Crippen molar-refractivity contribution >= 4 is 29.1 Å². The number of benzene rings is 2. The molecule has 0 saturated heterocycles. The minimum Gasteiger partial charge on any atom is -0.484 e. The van der Waals surface area contributed by atoms with Crippen LogP contribution in [0.2, 0.25) is 10.0 Å². The molecule has 0 heterocycles. The number of nitrogens with one attached hydrogen (secondary N) is 1. The molecule has 0 unspecified atom stereocenters. The van der Waals surface area contributed by atoms with Gasteiger partial charge in [-0.2, -0.15) is 0 Å². The number of rotatable bonds is 5. The summed E-state index contributed by atoms with van der Waals surface area (Å²) in [6.45, 7) is 3.79. The molecule has 0 aliphatic carbocycles. The Bertz CT molecular complexity index is 673. The number of aryl methyl sites for hydroxylation is 1. The number of carbonyl (C=O) groups is 1. The fourth-order valence-corrected chi connectivity index (χ4v) is 2.64. The third kappa shape index (κ3) is 4.65. The van der Waals surface area contributed by atoms with Crippen molar-refractivity contribution in [2.24, 2.45) is 0 Å². The average molecular weight is 338 g/mol. The lowest BCUT2D eigenvalue weighted by Gasteiger charge is -2.16. The highest BCUT2D eigenvalue weighted by molar-refractivity contribution is 6.35. The van der Waals surface area contributed by atoms with Crippen molar-refractivity contribution in [3.63, 3.8) is 0 Å². The zero-order valence-corrected chi connectivity index (χ0v) is 13.9. The van der Waals surface area contributed by atoms with Crippen LogP contribution in [0.4, 0.5) is 0 Å². The summed E-state index contributed by atoms with van der Waals surface area (Å²) in [6.07, 6.45) is 0. The van der Waals surface area contributed by atoms with Gasteiger partial charge >= 0.3 is 0 Å². The van der Waals surface area contributed by atoms with Crippen LogP contribution < -0.4 is 10.1 Å². The second-order valence-electron chi connectivity index (χ2n) is 5.06. The Balaban J connectivity index is 1.91. The van der Waals surface area contributed by atoms with Crippen LogP contribution in [0.5, 0.6) is 5.75 Å². The maximum atomic E-state index is 12.0. The number of hydrogen-bond donors (Lipinski definition) is 1. The fourth-order valence-electron chi connectivity index (χ4n) is 2.07. The molecule has 116 valence electrons. The zero-order valence-electron chi connectivity index (χ0n) is 12.4. The highest BCUT2D eigenvalue weighted by Crippen LogP contribution is 2.26. The van der Waals surface area contributed by atoms with Gasteiger partial charge in [-0.3, -0.25) is 4.79 Å². The summed E-state index contributed by atoms with van der Waals surface area (Å²) in [7, 11) is 0. The number of hydrogen-bond acceptors (Lipinski definition) is 2. The Labute approximate surface area is 140 Å².